The predicted molar refractivity (Wildman–Crippen MR) is 81.8 cm³/mol. The van der Waals surface area contributed by atoms with Gasteiger partial charge in [-0.15, -0.1) is 0 Å². The van der Waals surface area contributed by atoms with E-state index in [0.29, 0.717) is 5.69 Å². The Hall–Kier alpha value is -2.56. The number of hydrogen-bond donors (Lipinski definition) is 1. The number of carbonyl (C=O) groups excluding carboxylic acids is 1. The topological polar surface area (TPSA) is 59.5 Å². The largest absolute Gasteiger partial charge is 0.469 e. The lowest BCUT2D eigenvalue weighted by Crippen LogP contribution is -2.30. The Morgan fingerprint density at radius 3 is 3.23 bits per heavy atom. The Bertz CT molecular complexity index is 847. The number of rotatable bonds is 2. The molecule has 1 atom stereocenters. The van der Waals surface area contributed by atoms with Crippen LogP contribution in [-0.2, 0) is 6.42 Å². The van der Waals surface area contributed by atoms with Crippen LogP contribution in [0.3, 0.4) is 0 Å². The smallest absolute Gasteiger partial charge is 0.272 e. The van der Waals surface area contributed by atoms with Gasteiger partial charge >= 0.3 is 0 Å². The summed E-state index contributed by atoms with van der Waals surface area (Å²) in [6, 6.07) is 7.73. The summed E-state index contributed by atoms with van der Waals surface area (Å²) < 4.78 is 7.41. The summed E-state index contributed by atoms with van der Waals surface area (Å²) in [7, 11) is 0. The second kappa shape index (κ2) is 5.02. The molecule has 0 saturated heterocycles. The number of fused-ring (bicyclic) bond motifs is 2. The minimum Gasteiger partial charge on any atom is -0.469 e. The van der Waals surface area contributed by atoms with Crippen LogP contribution in [0.5, 0.6) is 0 Å². The van der Waals surface area contributed by atoms with Gasteiger partial charge in [-0.05, 0) is 38.0 Å². The molecule has 0 saturated carbocycles. The van der Waals surface area contributed by atoms with E-state index in [1.165, 1.54) is 0 Å². The van der Waals surface area contributed by atoms with E-state index in [2.05, 4.69) is 10.3 Å². The number of hydrogen-bond acceptors (Lipinski definition) is 3. The molecule has 1 N–H and O–H groups in total. The number of aromatic nitrogens is 2. The zero-order valence-corrected chi connectivity index (χ0v) is 12.4. The number of amides is 1. The van der Waals surface area contributed by atoms with Crippen LogP contribution >= 0.6 is 0 Å². The molecule has 0 aliphatic heterocycles. The van der Waals surface area contributed by atoms with Gasteiger partial charge in [0.15, 0.2) is 5.69 Å². The van der Waals surface area contributed by atoms with Crippen molar-refractivity contribution in [3.8, 4) is 0 Å². The molecule has 0 aromatic carbocycles. The lowest BCUT2D eigenvalue weighted by Gasteiger charge is -2.22. The molecule has 3 heterocycles. The van der Waals surface area contributed by atoms with Crippen molar-refractivity contribution in [1.29, 1.82) is 0 Å². The van der Waals surface area contributed by atoms with Crippen molar-refractivity contribution in [1.82, 2.24) is 14.7 Å². The third-order valence-corrected chi connectivity index (χ3v) is 4.30. The van der Waals surface area contributed by atoms with Crippen molar-refractivity contribution in [2.45, 2.75) is 32.2 Å². The highest BCUT2D eigenvalue weighted by Gasteiger charge is 2.26. The maximum atomic E-state index is 12.7. The summed E-state index contributed by atoms with van der Waals surface area (Å²) >= 11 is 0. The van der Waals surface area contributed by atoms with E-state index < -0.39 is 0 Å². The standard InChI is InChI=1S/C17H17N3O2/c1-11-18-16(14-6-2-3-9-20(11)14)17(21)19-13-5-4-7-15-12(13)8-10-22-15/h2-3,6,8-10,13H,4-5,7H2,1H3,(H,19,21). The lowest BCUT2D eigenvalue weighted by molar-refractivity contribution is 0.0929. The van der Waals surface area contributed by atoms with Crippen LogP contribution in [0.2, 0.25) is 0 Å². The first-order chi connectivity index (χ1) is 10.7. The Morgan fingerprint density at radius 2 is 2.32 bits per heavy atom. The summed E-state index contributed by atoms with van der Waals surface area (Å²) in [5.74, 6) is 1.67. The monoisotopic (exact) mass is 295 g/mol. The Labute approximate surface area is 128 Å². The summed E-state index contributed by atoms with van der Waals surface area (Å²) in [5.41, 5.74) is 2.41. The molecule has 5 heteroatoms. The maximum Gasteiger partial charge on any atom is 0.272 e. The fraction of sp³-hybridized carbons (Fsp3) is 0.294. The van der Waals surface area contributed by atoms with Crippen LogP contribution in [0.4, 0.5) is 0 Å². The van der Waals surface area contributed by atoms with Gasteiger partial charge in [-0.1, -0.05) is 6.07 Å². The highest BCUT2D eigenvalue weighted by atomic mass is 16.3. The molecular formula is C17H17N3O2. The van der Waals surface area contributed by atoms with Gasteiger partial charge < -0.3 is 14.1 Å². The van der Waals surface area contributed by atoms with E-state index in [0.717, 1.165) is 41.9 Å². The molecule has 1 aliphatic carbocycles. The molecule has 1 unspecified atom stereocenters. The molecule has 5 nitrogen and oxygen atoms in total. The highest BCUT2D eigenvalue weighted by Crippen LogP contribution is 2.30. The number of furan rings is 1. The SMILES string of the molecule is Cc1nc(C(=O)NC2CCCc3occc32)c2ccccn12. The molecule has 0 radical (unpaired) electrons. The number of carbonyl (C=O) groups is 1. The Kier molecular flexibility index (Phi) is 2.99. The van der Waals surface area contributed by atoms with Crippen molar-refractivity contribution in [2.24, 2.45) is 0 Å². The Morgan fingerprint density at radius 1 is 1.41 bits per heavy atom. The van der Waals surface area contributed by atoms with Crippen molar-refractivity contribution in [2.75, 3.05) is 0 Å². The molecule has 3 aromatic rings. The molecule has 0 fully saturated rings. The fourth-order valence-electron chi connectivity index (χ4n) is 3.22. The first-order valence-electron chi connectivity index (χ1n) is 7.55. The quantitative estimate of drug-likeness (QED) is 0.790. The van der Waals surface area contributed by atoms with Crippen LogP contribution < -0.4 is 5.32 Å². The Balaban J connectivity index is 1.66. The molecule has 0 bridgehead atoms. The van der Waals surface area contributed by atoms with Crippen molar-refractivity contribution >= 4 is 11.4 Å². The van der Waals surface area contributed by atoms with Crippen LogP contribution in [0, 0.1) is 6.92 Å². The minimum atomic E-state index is -0.129. The van der Waals surface area contributed by atoms with Gasteiger partial charge in [0.1, 0.15) is 11.6 Å². The summed E-state index contributed by atoms with van der Waals surface area (Å²) in [6.07, 6.45) is 6.52. The zero-order valence-electron chi connectivity index (χ0n) is 12.4. The molecule has 0 spiro atoms. The first-order valence-corrected chi connectivity index (χ1v) is 7.55. The lowest BCUT2D eigenvalue weighted by atomic mass is 9.93. The third kappa shape index (κ3) is 2.01. The average molecular weight is 295 g/mol. The average Bonchev–Trinajstić information content (AvgIpc) is 3.13. The van der Waals surface area contributed by atoms with Crippen molar-refractivity contribution in [3.63, 3.8) is 0 Å². The van der Waals surface area contributed by atoms with Crippen LogP contribution in [0.1, 0.15) is 46.5 Å². The zero-order chi connectivity index (χ0) is 15.1. The summed E-state index contributed by atoms with van der Waals surface area (Å²) in [5, 5.41) is 3.11. The van der Waals surface area contributed by atoms with E-state index in [1.54, 1.807) is 6.26 Å². The molecule has 4 rings (SSSR count). The van der Waals surface area contributed by atoms with Crippen molar-refractivity contribution < 1.29 is 9.21 Å². The predicted octanol–water partition coefficient (Wildman–Crippen LogP) is 3.04. The maximum absolute atomic E-state index is 12.7. The van der Waals surface area contributed by atoms with Crippen LogP contribution in [0.15, 0.2) is 41.1 Å². The number of nitrogens with one attached hydrogen (secondary N) is 1. The molecule has 1 amide bonds. The highest BCUT2D eigenvalue weighted by molar-refractivity contribution is 5.99. The molecule has 22 heavy (non-hydrogen) atoms. The fourth-order valence-corrected chi connectivity index (χ4v) is 3.22. The minimum absolute atomic E-state index is 0.00997. The van der Waals surface area contributed by atoms with E-state index in [9.17, 15) is 4.79 Å². The number of nitrogens with zero attached hydrogens (tertiary/aromatic N) is 2. The van der Waals surface area contributed by atoms with Gasteiger partial charge in [0.25, 0.3) is 5.91 Å². The van der Waals surface area contributed by atoms with Crippen molar-refractivity contribution in [3.05, 3.63) is 59.6 Å². The molecule has 3 aromatic heterocycles. The van der Waals surface area contributed by atoms with E-state index >= 15 is 0 Å². The van der Waals surface area contributed by atoms with Gasteiger partial charge in [0, 0.05) is 18.2 Å². The number of pyridine rings is 1. The number of aryl methyl sites for hydroxylation is 2. The van der Waals surface area contributed by atoms with E-state index in [1.807, 2.05) is 41.8 Å². The molecule has 1 aliphatic rings. The summed E-state index contributed by atoms with van der Waals surface area (Å²) in [4.78, 5) is 17.1. The van der Waals surface area contributed by atoms with Crippen LogP contribution in [0.25, 0.3) is 5.52 Å². The van der Waals surface area contributed by atoms with Gasteiger partial charge in [-0.3, -0.25) is 4.79 Å². The number of imidazole rings is 1. The third-order valence-electron chi connectivity index (χ3n) is 4.30. The second-order valence-electron chi connectivity index (χ2n) is 5.68. The van der Waals surface area contributed by atoms with Gasteiger partial charge in [0.05, 0.1) is 17.8 Å². The second-order valence-corrected chi connectivity index (χ2v) is 5.68. The summed E-state index contributed by atoms with van der Waals surface area (Å²) in [6.45, 7) is 1.90. The normalized spacial score (nSPS) is 17.4. The van der Waals surface area contributed by atoms with E-state index in [-0.39, 0.29) is 11.9 Å². The van der Waals surface area contributed by atoms with Crippen LogP contribution in [-0.4, -0.2) is 15.3 Å². The first kappa shape index (κ1) is 13.1. The van der Waals surface area contributed by atoms with Gasteiger partial charge in [0.2, 0.25) is 0 Å². The van der Waals surface area contributed by atoms with Gasteiger partial charge in [-0.2, -0.15) is 0 Å². The molecular weight excluding hydrogens is 278 g/mol. The molecule has 112 valence electrons. The van der Waals surface area contributed by atoms with E-state index in [4.69, 9.17) is 4.42 Å². The van der Waals surface area contributed by atoms with Gasteiger partial charge in [-0.25, -0.2) is 4.98 Å².